The van der Waals surface area contributed by atoms with E-state index in [1.807, 2.05) is 6.92 Å². The number of hydrogen-bond acceptors (Lipinski definition) is 2. The summed E-state index contributed by atoms with van der Waals surface area (Å²) in [7, 11) is 0. The summed E-state index contributed by atoms with van der Waals surface area (Å²) in [5.74, 6) is 0.543. The molecule has 0 aliphatic heterocycles. The second-order valence-electron chi connectivity index (χ2n) is 2.23. The molecule has 0 bridgehead atoms. The van der Waals surface area contributed by atoms with Crippen molar-refractivity contribution in [2.75, 3.05) is 5.75 Å². The van der Waals surface area contributed by atoms with Crippen molar-refractivity contribution < 1.29 is 9.18 Å². The van der Waals surface area contributed by atoms with Gasteiger partial charge in [-0.2, -0.15) is 0 Å². The Kier molecular flexibility index (Phi) is 3.29. The average Bonchev–Trinajstić information content (AvgIpc) is 2.05. The molecule has 12 heavy (non-hydrogen) atoms. The van der Waals surface area contributed by atoms with Gasteiger partial charge in [0.2, 0.25) is 0 Å². The molecule has 0 unspecified atom stereocenters. The van der Waals surface area contributed by atoms with Gasteiger partial charge in [-0.15, -0.1) is 11.8 Å². The van der Waals surface area contributed by atoms with Crippen molar-refractivity contribution in [3.05, 3.63) is 29.6 Å². The monoisotopic (exact) mass is 184 g/mol. The molecule has 0 aromatic heterocycles. The van der Waals surface area contributed by atoms with E-state index >= 15 is 0 Å². The Balaban J connectivity index is 3.03. The quantitative estimate of drug-likeness (QED) is 0.530. The van der Waals surface area contributed by atoms with E-state index in [4.69, 9.17) is 0 Å². The van der Waals surface area contributed by atoms with Gasteiger partial charge < -0.3 is 0 Å². The van der Waals surface area contributed by atoms with E-state index < -0.39 is 0 Å². The number of hydrogen-bond donors (Lipinski definition) is 0. The molecule has 0 atom stereocenters. The van der Waals surface area contributed by atoms with E-state index in [2.05, 4.69) is 0 Å². The van der Waals surface area contributed by atoms with Crippen LogP contribution in [0.25, 0.3) is 0 Å². The smallest absolute Gasteiger partial charge is 0.151 e. The molecular weight excluding hydrogens is 175 g/mol. The molecule has 0 fully saturated rings. The maximum Gasteiger partial charge on any atom is 0.151 e. The Hall–Kier alpha value is -0.830. The Morgan fingerprint density at radius 2 is 2.33 bits per heavy atom. The van der Waals surface area contributed by atoms with Crippen LogP contribution in [0.15, 0.2) is 23.1 Å². The lowest BCUT2D eigenvalue weighted by Gasteiger charge is -2.01. The fourth-order valence-electron chi connectivity index (χ4n) is 0.886. The molecule has 0 saturated heterocycles. The zero-order chi connectivity index (χ0) is 8.97. The summed E-state index contributed by atoms with van der Waals surface area (Å²) in [4.78, 5) is 11.2. The average molecular weight is 184 g/mol. The van der Waals surface area contributed by atoms with Crippen molar-refractivity contribution in [3.63, 3.8) is 0 Å². The highest BCUT2D eigenvalue weighted by atomic mass is 32.2. The fourth-order valence-corrected chi connectivity index (χ4v) is 1.68. The lowest BCUT2D eigenvalue weighted by molar-refractivity contribution is 0.112. The summed E-state index contributed by atoms with van der Waals surface area (Å²) in [5, 5.41) is 0. The van der Waals surface area contributed by atoms with E-state index in [9.17, 15) is 9.18 Å². The molecule has 0 aliphatic rings. The largest absolute Gasteiger partial charge is 0.298 e. The minimum Gasteiger partial charge on any atom is -0.298 e. The standard InChI is InChI=1S/C9H9FOS/c1-2-12-9-5-8(10)4-3-7(9)6-11/h3-6H,2H2,1H3. The first-order chi connectivity index (χ1) is 5.77. The number of rotatable bonds is 3. The van der Waals surface area contributed by atoms with Crippen LogP contribution in [-0.2, 0) is 0 Å². The first-order valence-electron chi connectivity index (χ1n) is 3.65. The minimum atomic E-state index is -0.295. The van der Waals surface area contributed by atoms with Gasteiger partial charge in [0.15, 0.2) is 6.29 Å². The molecule has 1 aromatic rings. The third-order valence-corrected chi connectivity index (χ3v) is 2.36. The molecule has 1 aromatic carbocycles. The van der Waals surface area contributed by atoms with Crippen LogP contribution in [0.3, 0.4) is 0 Å². The highest BCUT2D eigenvalue weighted by Gasteiger charge is 2.02. The zero-order valence-electron chi connectivity index (χ0n) is 6.71. The van der Waals surface area contributed by atoms with Crippen LogP contribution in [0.2, 0.25) is 0 Å². The van der Waals surface area contributed by atoms with Gasteiger partial charge in [0.25, 0.3) is 0 Å². The van der Waals surface area contributed by atoms with E-state index in [0.29, 0.717) is 10.5 Å². The van der Waals surface area contributed by atoms with Crippen molar-refractivity contribution in [1.82, 2.24) is 0 Å². The van der Waals surface area contributed by atoms with Crippen LogP contribution in [0, 0.1) is 5.82 Å². The van der Waals surface area contributed by atoms with Crippen LogP contribution < -0.4 is 0 Å². The zero-order valence-corrected chi connectivity index (χ0v) is 7.53. The first kappa shape index (κ1) is 9.26. The Bertz CT molecular complexity index is 286. The molecule has 64 valence electrons. The summed E-state index contributed by atoms with van der Waals surface area (Å²) in [6.07, 6.45) is 0.747. The van der Waals surface area contributed by atoms with Crippen LogP contribution in [0.1, 0.15) is 17.3 Å². The second kappa shape index (κ2) is 4.26. The summed E-state index contributed by atoms with van der Waals surface area (Å²) in [6.45, 7) is 1.96. The van der Waals surface area contributed by atoms with Crippen LogP contribution >= 0.6 is 11.8 Å². The van der Waals surface area contributed by atoms with Gasteiger partial charge in [0, 0.05) is 10.5 Å². The van der Waals surface area contributed by atoms with Gasteiger partial charge in [-0.1, -0.05) is 6.92 Å². The fraction of sp³-hybridized carbons (Fsp3) is 0.222. The van der Waals surface area contributed by atoms with Crippen molar-refractivity contribution in [2.24, 2.45) is 0 Å². The van der Waals surface area contributed by atoms with E-state index in [1.165, 1.54) is 30.0 Å². The molecule has 0 heterocycles. The van der Waals surface area contributed by atoms with Gasteiger partial charge in [-0.25, -0.2) is 4.39 Å². The molecule has 3 heteroatoms. The van der Waals surface area contributed by atoms with E-state index in [1.54, 1.807) is 0 Å². The van der Waals surface area contributed by atoms with Crippen LogP contribution in [0.4, 0.5) is 4.39 Å². The minimum absolute atomic E-state index is 0.295. The normalized spacial score (nSPS) is 9.83. The molecule has 1 rings (SSSR count). The SMILES string of the molecule is CCSc1cc(F)ccc1C=O. The molecule has 0 aliphatic carbocycles. The van der Waals surface area contributed by atoms with E-state index in [0.717, 1.165) is 12.0 Å². The van der Waals surface area contributed by atoms with Gasteiger partial charge in [0.05, 0.1) is 0 Å². The lowest BCUT2D eigenvalue weighted by atomic mass is 10.2. The molecule has 1 nitrogen and oxygen atoms in total. The highest BCUT2D eigenvalue weighted by Crippen LogP contribution is 2.21. The third-order valence-electron chi connectivity index (χ3n) is 1.40. The van der Waals surface area contributed by atoms with Gasteiger partial charge in [-0.05, 0) is 24.0 Å². The second-order valence-corrected chi connectivity index (χ2v) is 3.54. The van der Waals surface area contributed by atoms with Crippen molar-refractivity contribution in [2.45, 2.75) is 11.8 Å². The highest BCUT2D eigenvalue weighted by molar-refractivity contribution is 7.99. The summed E-state index contributed by atoms with van der Waals surface area (Å²) >= 11 is 1.47. The lowest BCUT2D eigenvalue weighted by Crippen LogP contribution is -1.86. The topological polar surface area (TPSA) is 17.1 Å². The van der Waals surface area contributed by atoms with Crippen molar-refractivity contribution in [1.29, 1.82) is 0 Å². The first-order valence-corrected chi connectivity index (χ1v) is 4.64. The summed E-state index contributed by atoms with van der Waals surface area (Å²) in [5.41, 5.74) is 0.559. The predicted molar refractivity (Wildman–Crippen MR) is 48.2 cm³/mol. The van der Waals surface area contributed by atoms with Crippen LogP contribution in [0.5, 0.6) is 0 Å². The van der Waals surface area contributed by atoms with Gasteiger partial charge in [0.1, 0.15) is 5.82 Å². The van der Waals surface area contributed by atoms with E-state index in [-0.39, 0.29) is 5.82 Å². The predicted octanol–water partition coefficient (Wildman–Crippen LogP) is 2.75. The maximum atomic E-state index is 12.7. The number of carbonyl (C=O) groups is 1. The third kappa shape index (κ3) is 2.08. The number of thioether (sulfide) groups is 1. The maximum absolute atomic E-state index is 12.7. The molecule has 0 spiro atoms. The van der Waals surface area contributed by atoms with Crippen molar-refractivity contribution >= 4 is 18.0 Å². The van der Waals surface area contributed by atoms with Gasteiger partial charge in [-0.3, -0.25) is 4.79 Å². The van der Waals surface area contributed by atoms with Crippen molar-refractivity contribution in [3.8, 4) is 0 Å². The van der Waals surface area contributed by atoms with Crippen LogP contribution in [-0.4, -0.2) is 12.0 Å². The molecule has 0 N–H and O–H groups in total. The molecular formula is C9H9FOS. The molecule has 0 saturated carbocycles. The Morgan fingerprint density at radius 3 is 2.92 bits per heavy atom. The number of halogens is 1. The number of aldehydes is 1. The van der Waals surface area contributed by atoms with Gasteiger partial charge >= 0.3 is 0 Å². The summed E-state index contributed by atoms with van der Waals surface area (Å²) < 4.78 is 12.7. The Labute approximate surface area is 75.0 Å². The number of benzene rings is 1. The number of carbonyl (C=O) groups excluding carboxylic acids is 1. The Morgan fingerprint density at radius 1 is 1.58 bits per heavy atom. The molecule has 0 radical (unpaired) electrons. The molecule has 0 amide bonds. The summed E-state index contributed by atoms with van der Waals surface area (Å²) in [6, 6.07) is 4.18.